The average Bonchev–Trinajstić information content (AvgIpc) is 2.43. The van der Waals surface area contributed by atoms with Gasteiger partial charge in [-0.3, -0.25) is 0 Å². The van der Waals surface area contributed by atoms with Gasteiger partial charge in [0.25, 0.3) is 0 Å². The maximum atomic E-state index is 14.3. The van der Waals surface area contributed by atoms with Crippen molar-refractivity contribution in [1.82, 2.24) is 5.32 Å². The molecule has 0 saturated heterocycles. The van der Waals surface area contributed by atoms with E-state index < -0.39 is 5.82 Å². The minimum atomic E-state index is -0.438. The van der Waals surface area contributed by atoms with Crippen molar-refractivity contribution in [1.29, 1.82) is 0 Å². The molecule has 0 fully saturated rings. The molecule has 0 bridgehead atoms. The van der Waals surface area contributed by atoms with Gasteiger partial charge >= 0.3 is 0 Å². The monoisotopic (exact) mass is 439 g/mol. The molecule has 0 aliphatic rings. The second-order valence-electron chi connectivity index (χ2n) is 4.16. The third-order valence-corrected chi connectivity index (χ3v) is 5.41. The van der Waals surface area contributed by atoms with Crippen molar-refractivity contribution in [2.24, 2.45) is 0 Å². The molecule has 20 heavy (non-hydrogen) atoms. The Morgan fingerprint density at radius 3 is 2.40 bits per heavy atom. The first-order valence-corrected chi connectivity index (χ1v) is 8.05. The van der Waals surface area contributed by atoms with Gasteiger partial charge in [0.1, 0.15) is 5.82 Å². The summed E-state index contributed by atoms with van der Waals surface area (Å²) in [6.07, 6.45) is 0. The van der Waals surface area contributed by atoms with Crippen LogP contribution in [0.5, 0.6) is 0 Å². The van der Waals surface area contributed by atoms with Crippen LogP contribution in [0.25, 0.3) is 0 Å². The Kier molecular flexibility index (Phi) is 5.49. The predicted octanol–water partition coefficient (Wildman–Crippen LogP) is 5.97. The number of nitrogens with one attached hydrogen (secondary N) is 1. The Bertz CT molecular complexity index is 649. The van der Waals surface area contributed by atoms with Crippen molar-refractivity contribution in [3.8, 4) is 0 Å². The van der Waals surface area contributed by atoms with Gasteiger partial charge in [0.05, 0.1) is 16.1 Å². The molecule has 0 aliphatic carbocycles. The lowest BCUT2D eigenvalue weighted by Gasteiger charge is -2.19. The van der Waals surface area contributed by atoms with Crippen LogP contribution < -0.4 is 5.32 Å². The van der Waals surface area contributed by atoms with Crippen LogP contribution >= 0.6 is 55.1 Å². The van der Waals surface area contributed by atoms with Gasteiger partial charge in [-0.2, -0.15) is 0 Å². The minimum absolute atomic E-state index is 0.0794. The first kappa shape index (κ1) is 16.2. The van der Waals surface area contributed by atoms with Crippen LogP contribution in [0.3, 0.4) is 0 Å². The van der Waals surface area contributed by atoms with E-state index in [0.717, 1.165) is 10.0 Å². The zero-order valence-electron chi connectivity index (χ0n) is 10.4. The minimum Gasteiger partial charge on any atom is -0.309 e. The highest BCUT2D eigenvalue weighted by molar-refractivity contribution is 9.10. The molecule has 0 aromatic heterocycles. The molecule has 0 aliphatic heterocycles. The van der Waals surface area contributed by atoms with Crippen molar-refractivity contribution in [2.45, 2.75) is 6.04 Å². The van der Waals surface area contributed by atoms with Crippen molar-refractivity contribution < 1.29 is 4.39 Å². The second-order valence-corrected chi connectivity index (χ2v) is 6.65. The molecule has 0 spiro atoms. The smallest absolute Gasteiger partial charge is 0.148 e. The van der Waals surface area contributed by atoms with Gasteiger partial charge in [0.2, 0.25) is 0 Å². The molecule has 0 amide bonds. The largest absolute Gasteiger partial charge is 0.309 e. The quantitative estimate of drug-likeness (QED) is 0.579. The average molecular weight is 442 g/mol. The van der Waals surface area contributed by atoms with E-state index in [4.69, 9.17) is 23.2 Å². The summed E-state index contributed by atoms with van der Waals surface area (Å²) in [5.41, 5.74) is 1.37. The molecule has 2 rings (SSSR count). The van der Waals surface area contributed by atoms with Crippen molar-refractivity contribution in [2.75, 3.05) is 7.05 Å². The number of hydrogen-bond acceptors (Lipinski definition) is 1. The van der Waals surface area contributed by atoms with E-state index >= 15 is 0 Å². The van der Waals surface area contributed by atoms with E-state index in [9.17, 15) is 4.39 Å². The Morgan fingerprint density at radius 1 is 1.10 bits per heavy atom. The van der Waals surface area contributed by atoms with Gasteiger partial charge in [0, 0.05) is 14.5 Å². The van der Waals surface area contributed by atoms with Crippen molar-refractivity contribution >= 4 is 55.1 Å². The summed E-state index contributed by atoms with van der Waals surface area (Å²) in [7, 11) is 1.77. The van der Waals surface area contributed by atoms with E-state index in [1.807, 2.05) is 12.1 Å². The zero-order chi connectivity index (χ0) is 14.9. The lowest BCUT2D eigenvalue weighted by molar-refractivity contribution is 0.576. The highest BCUT2D eigenvalue weighted by Crippen LogP contribution is 2.34. The highest BCUT2D eigenvalue weighted by Gasteiger charge is 2.20. The Morgan fingerprint density at radius 2 is 1.80 bits per heavy atom. The number of halogens is 5. The van der Waals surface area contributed by atoms with E-state index in [1.165, 1.54) is 0 Å². The third kappa shape index (κ3) is 3.20. The molecule has 106 valence electrons. The van der Waals surface area contributed by atoms with Crippen LogP contribution in [0, 0.1) is 5.82 Å². The Hall–Kier alpha value is -0.130. The van der Waals surface area contributed by atoms with Crippen LogP contribution in [0.15, 0.2) is 39.3 Å². The SMILES string of the molecule is CNC(c1ccc(Cl)c(Br)c1)c1ccc(Br)c(Cl)c1F. The Balaban J connectivity index is 2.52. The van der Waals surface area contributed by atoms with Gasteiger partial charge in [-0.1, -0.05) is 35.3 Å². The molecule has 1 nitrogen and oxygen atoms in total. The summed E-state index contributed by atoms with van der Waals surface area (Å²) >= 11 is 18.5. The van der Waals surface area contributed by atoms with Crippen LogP contribution in [0.1, 0.15) is 17.2 Å². The zero-order valence-corrected chi connectivity index (χ0v) is 15.0. The number of hydrogen-bond donors (Lipinski definition) is 1. The molecule has 2 aromatic rings. The predicted molar refractivity (Wildman–Crippen MR) is 89.2 cm³/mol. The summed E-state index contributed by atoms with van der Waals surface area (Å²) in [6, 6.07) is 8.60. The molecule has 1 unspecified atom stereocenters. The van der Waals surface area contributed by atoms with Gasteiger partial charge in [-0.15, -0.1) is 0 Å². The lowest BCUT2D eigenvalue weighted by Crippen LogP contribution is -2.19. The summed E-state index contributed by atoms with van der Waals surface area (Å²) in [4.78, 5) is 0. The second kappa shape index (κ2) is 6.75. The first-order valence-electron chi connectivity index (χ1n) is 5.71. The van der Waals surface area contributed by atoms with E-state index in [2.05, 4.69) is 37.2 Å². The fourth-order valence-electron chi connectivity index (χ4n) is 1.96. The fourth-order valence-corrected chi connectivity index (χ4v) is 2.95. The summed E-state index contributed by atoms with van der Waals surface area (Å²) in [5.74, 6) is -0.438. The molecule has 2 aromatic carbocycles. The van der Waals surface area contributed by atoms with Crippen molar-refractivity contribution in [3.63, 3.8) is 0 Å². The van der Waals surface area contributed by atoms with Crippen LogP contribution in [0.4, 0.5) is 4.39 Å². The first-order chi connectivity index (χ1) is 9.45. The van der Waals surface area contributed by atoms with Crippen molar-refractivity contribution in [3.05, 3.63) is 66.3 Å². The summed E-state index contributed by atoms with van der Waals surface area (Å²) in [6.45, 7) is 0. The molecular weight excluding hydrogens is 432 g/mol. The van der Waals surface area contributed by atoms with Gasteiger partial charge in [-0.05, 0) is 62.7 Å². The lowest BCUT2D eigenvalue weighted by atomic mass is 9.98. The van der Waals surface area contributed by atoms with Crippen LogP contribution in [-0.4, -0.2) is 7.05 Å². The maximum Gasteiger partial charge on any atom is 0.148 e. The van der Waals surface area contributed by atoms with E-state index in [0.29, 0.717) is 15.1 Å². The molecule has 6 heteroatoms. The fraction of sp³-hybridized carbons (Fsp3) is 0.143. The topological polar surface area (TPSA) is 12.0 Å². The molecule has 1 N–H and O–H groups in total. The molecule has 0 heterocycles. The summed E-state index contributed by atoms with van der Waals surface area (Å²) in [5, 5.41) is 3.78. The highest BCUT2D eigenvalue weighted by atomic mass is 79.9. The number of benzene rings is 2. The molecule has 1 atom stereocenters. The van der Waals surface area contributed by atoms with Gasteiger partial charge in [-0.25, -0.2) is 4.39 Å². The van der Waals surface area contributed by atoms with Crippen LogP contribution in [-0.2, 0) is 0 Å². The standard InChI is InChI=1S/C14H10Br2Cl2FN/c1-20-14(7-2-5-11(17)10(16)6-7)8-3-4-9(15)12(18)13(8)19/h2-6,14,20H,1H3. The van der Waals surface area contributed by atoms with E-state index in [1.54, 1.807) is 25.2 Å². The van der Waals surface area contributed by atoms with Gasteiger partial charge in [0.15, 0.2) is 0 Å². The molecule has 0 saturated carbocycles. The van der Waals surface area contributed by atoms with Crippen LogP contribution in [0.2, 0.25) is 10.0 Å². The van der Waals surface area contributed by atoms with E-state index in [-0.39, 0.29) is 11.1 Å². The third-order valence-electron chi connectivity index (χ3n) is 2.94. The molecular formula is C14H10Br2Cl2FN. The summed E-state index contributed by atoms with van der Waals surface area (Å²) < 4.78 is 15.6. The molecule has 0 radical (unpaired) electrons. The Labute approximate surface area is 143 Å². The van der Waals surface area contributed by atoms with Gasteiger partial charge < -0.3 is 5.32 Å². The normalized spacial score (nSPS) is 12.5. The maximum absolute atomic E-state index is 14.3. The number of rotatable bonds is 3.